The number of amides is 1. The van der Waals surface area contributed by atoms with Gasteiger partial charge in [0.2, 0.25) is 0 Å². The minimum absolute atomic E-state index is 0.123. The third-order valence-corrected chi connectivity index (χ3v) is 3.80. The van der Waals surface area contributed by atoms with Gasteiger partial charge in [0, 0.05) is 17.6 Å². The van der Waals surface area contributed by atoms with Gasteiger partial charge in [-0.3, -0.25) is 10.2 Å². The molecule has 5 nitrogen and oxygen atoms in total. The number of hydrogen-bond acceptors (Lipinski definition) is 3. The van der Waals surface area contributed by atoms with Crippen LogP contribution in [0.15, 0.2) is 24.3 Å². The van der Waals surface area contributed by atoms with Crippen molar-refractivity contribution in [1.82, 2.24) is 10.4 Å². The first-order valence-corrected chi connectivity index (χ1v) is 6.91. The van der Waals surface area contributed by atoms with Crippen LogP contribution in [0.25, 0.3) is 0 Å². The predicted octanol–water partition coefficient (Wildman–Crippen LogP) is 2.29. The molecule has 0 radical (unpaired) electrons. The number of nitrogens with zero attached hydrogens (tertiary/aromatic N) is 1. The van der Waals surface area contributed by atoms with Gasteiger partial charge in [0.1, 0.15) is 0 Å². The van der Waals surface area contributed by atoms with E-state index >= 15 is 0 Å². The van der Waals surface area contributed by atoms with Gasteiger partial charge >= 0.3 is 5.97 Å². The Morgan fingerprint density at radius 1 is 1.20 bits per heavy atom. The highest BCUT2D eigenvalue weighted by Gasteiger charge is 2.26. The number of carbonyl (C=O) groups is 2. The minimum Gasteiger partial charge on any atom is -0.478 e. The molecule has 2 atom stereocenters. The van der Waals surface area contributed by atoms with Crippen LogP contribution in [0.1, 0.15) is 53.8 Å². The van der Waals surface area contributed by atoms with E-state index in [2.05, 4.69) is 19.3 Å². The molecule has 1 saturated heterocycles. The molecule has 1 fully saturated rings. The molecule has 2 N–H and O–H groups in total. The number of rotatable bonds is 3. The molecule has 1 amide bonds. The van der Waals surface area contributed by atoms with Gasteiger partial charge < -0.3 is 5.11 Å². The average Bonchev–Trinajstić information content (AvgIpc) is 2.43. The molecule has 2 unspecified atom stereocenters. The second-order valence-electron chi connectivity index (χ2n) is 5.36. The van der Waals surface area contributed by atoms with Crippen LogP contribution in [0.4, 0.5) is 0 Å². The zero-order chi connectivity index (χ0) is 14.7. The third kappa shape index (κ3) is 3.17. The molecular formula is C15H20N2O3. The van der Waals surface area contributed by atoms with Crippen LogP contribution in [-0.2, 0) is 0 Å². The summed E-state index contributed by atoms with van der Waals surface area (Å²) in [5.41, 5.74) is 3.40. The van der Waals surface area contributed by atoms with Gasteiger partial charge in [-0.1, -0.05) is 12.5 Å². The minimum atomic E-state index is -1.03. The summed E-state index contributed by atoms with van der Waals surface area (Å²) in [5, 5.41) is 10.9. The Hall–Kier alpha value is -1.88. The number of benzene rings is 1. The van der Waals surface area contributed by atoms with E-state index in [1.165, 1.54) is 18.6 Å². The second-order valence-corrected chi connectivity index (χ2v) is 5.36. The highest BCUT2D eigenvalue weighted by Crippen LogP contribution is 2.20. The van der Waals surface area contributed by atoms with E-state index in [4.69, 9.17) is 5.11 Å². The fourth-order valence-corrected chi connectivity index (χ4v) is 2.62. The Morgan fingerprint density at radius 3 is 2.40 bits per heavy atom. The molecule has 0 aliphatic carbocycles. The van der Waals surface area contributed by atoms with Crippen LogP contribution in [0.2, 0.25) is 0 Å². The number of aromatic carboxylic acids is 1. The molecule has 5 heteroatoms. The summed E-state index contributed by atoms with van der Waals surface area (Å²) in [6, 6.07) is 6.68. The molecule has 0 aromatic heterocycles. The maximum absolute atomic E-state index is 12.2. The van der Waals surface area contributed by atoms with Crippen LogP contribution in [0.5, 0.6) is 0 Å². The van der Waals surface area contributed by atoms with Gasteiger partial charge in [-0.15, -0.1) is 0 Å². The summed E-state index contributed by atoms with van der Waals surface area (Å²) in [6.07, 6.45) is 3.28. The Bertz CT molecular complexity index is 506. The van der Waals surface area contributed by atoms with Crippen molar-refractivity contribution in [2.24, 2.45) is 0 Å². The van der Waals surface area contributed by atoms with E-state index in [-0.39, 0.29) is 11.5 Å². The number of hydrazine groups is 1. The first-order valence-electron chi connectivity index (χ1n) is 6.91. The number of nitrogens with one attached hydrogen (secondary N) is 1. The normalized spacial score (nSPS) is 23.3. The summed E-state index contributed by atoms with van der Waals surface area (Å²) in [4.78, 5) is 23.2. The lowest BCUT2D eigenvalue weighted by Crippen LogP contribution is -2.54. The number of piperidine rings is 1. The van der Waals surface area contributed by atoms with Gasteiger partial charge in [0.05, 0.1) is 5.56 Å². The maximum Gasteiger partial charge on any atom is 0.335 e. The van der Waals surface area contributed by atoms with Gasteiger partial charge in [-0.05, 0) is 44.9 Å². The Labute approximate surface area is 118 Å². The molecule has 0 spiro atoms. The molecule has 2 rings (SSSR count). The van der Waals surface area contributed by atoms with Crippen LogP contribution < -0.4 is 5.43 Å². The number of carboxylic acid groups (broad SMARTS) is 1. The topological polar surface area (TPSA) is 69.6 Å². The maximum atomic E-state index is 12.2. The van der Waals surface area contributed by atoms with Gasteiger partial charge in [0.15, 0.2) is 0 Å². The first kappa shape index (κ1) is 14.5. The zero-order valence-corrected chi connectivity index (χ0v) is 11.8. The van der Waals surface area contributed by atoms with E-state index in [9.17, 15) is 9.59 Å². The zero-order valence-electron chi connectivity index (χ0n) is 11.8. The number of carboxylic acids is 1. The SMILES string of the molecule is CC1CCCC(C)N1NC(=O)c1cccc(C(=O)O)c1. The third-order valence-electron chi connectivity index (χ3n) is 3.80. The fourth-order valence-electron chi connectivity index (χ4n) is 2.62. The van der Waals surface area contributed by atoms with Crippen LogP contribution in [-0.4, -0.2) is 34.1 Å². The molecule has 108 valence electrons. The molecule has 1 aliphatic rings. The van der Waals surface area contributed by atoms with Crippen LogP contribution >= 0.6 is 0 Å². The Morgan fingerprint density at radius 2 is 1.80 bits per heavy atom. The molecule has 1 aliphatic heterocycles. The molecule has 0 bridgehead atoms. The molecule has 0 saturated carbocycles. The molecule has 20 heavy (non-hydrogen) atoms. The van der Waals surface area contributed by atoms with Crippen molar-refractivity contribution in [2.75, 3.05) is 0 Å². The molecule has 1 aromatic carbocycles. The van der Waals surface area contributed by atoms with Crippen LogP contribution in [0.3, 0.4) is 0 Å². The quantitative estimate of drug-likeness (QED) is 0.888. The number of carbonyl (C=O) groups excluding carboxylic acids is 1. The highest BCUT2D eigenvalue weighted by molar-refractivity contribution is 5.97. The second kappa shape index (κ2) is 6.05. The lowest BCUT2D eigenvalue weighted by Gasteiger charge is -2.38. The standard InChI is InChI=1S/C15H20N2O3/c1-10-5-3-6-11(2)17(10)16-14(18)12-7-4-8-13(9-12)15(19)20/h4,7-11H,3,5-6H2,1-2H3,(H,16,18)(H,19,20). The van der Waals surface area contributed by atoms with Crippen LogP contribution in [0, 0.1) is 0 Å². The van der Waals surface area contributed by atoms with E-state index < -0.39 is 5.97 Å². The van der Waals surface area contributed by atoms with Crippen molar-refractivity contribution in [3.8, 4) is 0 Å². The van der Waals surface area contributed by atoms with Crippen molar-refractivity contribution < 1.29 is 14.7 Å². The fraction of sp³-hybridized carbons (Fsp3) is 0.467. The summed E-state index contributed by atoms with van der Waals surface area (Å²) in [6.45, 7) is 4.17. The van der Waals surface area contributed by atoms with Gasteiger partial charge in [-0.2, -0.15) is 0 Å². The van der Waals surface area contributed by atoms with E-state index in [1.54, 1.807) is 12.1 Å². The monoisotopic (exact) mass is 276 g/mol. The summed E-state index contributed by atoms with van der Waals surface area (Å²) in [7, 11) is 0. The molecular weight excluding hydrogens is 256 g/mol. The van der Waals surface area contributed by atoms with E-state index in [0.717, 1.165) is 12.8 Å². The summed E-state index contributed by atoms with van der Waals surface area (Å²) < 4.78 is 0. The van der Waals surface area contributed by atoms with Gasteiger partial charge in [0.25, 0.3) is 5.91 Å². The van der Waals surface area contributed by atoms with Crippen molar-refractivity contribution in [3.05, 3.63) is 35.4 Å². The van der Waals surface area contributed by atoms with Crippen molar-refractivity contribution in [3.63, 3.8) is 0 Å². The first-order chi connectivity index (χ1) is 9.49. The largest absolute Gasteiger partial charge is 0.478 e. The average molecular weight is 276 g/mol. The predicted molar refractivity (Wildman–Crippen MR) is 75.5 cm³/mol. The smallest absolute Gasteiger partial charge is 0.335 e. The molecule has 1 heterocycles. The van der Waals surface area contributed by atoms with E-state index in [1.807, 2.05) is 5.01 Å². The van der Waals surface area contributed by atoms with Crippen molar-refractivity contribution >= 4 is 11.9 Å². The number of hydrogen-bond donors (Lipinski definition) is 2. The summed E-state index contributed by atoms with van der Waals surface area (Å²) in [5.74, 6) is -1.28. The van der Waals surface area contributed by atoms with Crippen molar-refractivity contribution in [1.29, 1.82) is 0 Å². The lowest BCUT2D eigenvalue weighted by atomic mass is 10.00. The lowest BCUT2D eigenvalue weighted by molar-refractivity contribution is 0.0370. The highest BCUT2D eigenvalue weighted by atomic mass is 16.4. The summed E-state index contributed by atoms with van der Waals surface area (Å²) >= 11 is 0. The van der Waals surface area contributed by atoms with Gasteiger partial charge in [-0.25, -0.2) is 9.80 Å². The molecule has 1 aromatic rings. The Balaban J connectivity index is 2.11. The Kier molecular flexibility index (Phi) is 4.39. The van der Waals surface area contributed by atoms with E-state index in [0.29, 0.717) is 17.6 Å². The van der Waals surface area contributed by atoms with Crippen molar-refractivity contribution in [2.45, 2.75) is 45.2 Å².